The summed E-state index contributed by atoms with van der Waals surface area (Å²) in [5.74, 6) is -0.743. The second kappa shape index (κ2) is 14.5. The molecule has 2 atom stereocenters. The van der Waals surface area contributed by atoms with Crippen molar-refractivity contribution < 1.29 is 14.6 Å². The summed E-state index contributed by atoms with van der Waals surface area (Å²) in [6.07, 6.45) is 29.0. The van der Waals surface area contributed by atoms with E-state index in [1.807, 2.05) is 12.2 Å². The third kappa shape index (κ3) is 13.1. The van der Waals surface area contributed by atoms with Gasteiger partial charge in [-0.25, -0.2) is 0 Å². The molecule has 0 bridgehead atoms. The van der Waals surface area contributed by atoms with Crippen molar-refractivity contribution in [3.05, 3.63) is 60.8 Å². The number of aliphatic carboxylic acids is 1. The number of carbonyl (C=O) groups is 1. The molecule has 0 radical (unpaired) electrons. The summed E-state index contributed by atoms with van der Waals surface area (Å²) < 4.78 is 5.62. The molecule has 1 saturated heterocycles. The minimum Gasteiger partial charge on any atom is -0.481 e. The van der Waals surface area contributed by atoms with Gasteiger partial charge in [-0.2, -0.15) is 0 Å². The Balaban J connectivity index is 1.94. The summed E-state index contributed by atoms with van der Waals surface area (Å²) in [5, 5.41) is 8.50. The Morgan fingerprint density at radius 2 is 1.28 bits per heavy atom. The predicted molar refractivity (Wildman–Crippen MR) is 105 cm³/mol. The van der Waals surface area contributed by atoms with Crippen molar-refractivity contribution in [3.8, 4) is 0 Å². The van der Waals surface area contributed by atoms with Crippen LogP contribution < -0.4 is 0 Å². The Morgan fingerprint density at radius 3 is 1.80 bits per heavy atom. The molecule has 1 fully saturated rings. The second-order valence-corrected chi connectivity index (χ2v) is 6.09. The van der Waals surface area contributed by atoms with Gasteiger partial charge in [-0.05, 0) is 44.9 Å². The first-order chi connectivity index (χ1) is 12.2. The Kier molecular flexibility index (Phi) is 12.3. The molecular formula is C22H32O3. The van der Waals surface area contributed by atoms with Gasteiger partial charge >= 0.3 is 5.97 Å². The zero-order valence-corrected chi connectivity index (χ0v) is 15.3. The molecule has 0 amide bonds. The Hall–Kier alpha value is -1.87. The van der Waals surface area contributed by atoms with E-state index in [-0.39, 0.29) is 6.42 Å². The van der Waals surface area contributed by atoms with Crippen molar-refractivity contribution in [1.29, 1.82) is 0 Å². The summed E-state index contributed by atoms with van der Waals surface area (Å²) >= 11 is 0. The molecule has 0 aliphatic carbocycles. The number of ether oxygens (including phenoxy) is 1. The summed E-state index contributed by atoms with van der Waals surface area (Å²) in [6, 6.07) is 0. The third-order valence-electron chi connectivity index (χ3n) is 3.83. The Labute approximate surface area is 152 Å². The molecule has 3 nitrogen and oxygen atoms in total. The van der Waals surface area contributed by atoms with Crippen LogP contribution in [0.15, 0.2) is 60.8 Å². The van der Waals surface area contributed by atoms with Gasteiger partial charge in [-0.3, -0.25) is 4.79 Å². The van der Waals surface area contributed by atoms with E-state index in [2.05, 4.69) is 55.5 Å². The standard InChI is InChI=1S/C22H32O3/c1-2-3-14-17-20-21(25-20)18-15-12-10-8-6-4-5-7-9-11-13-16-19-22(23)24/h3,5-8,11-15,20-21H,2,4,9-10,16-19H2,1H3,(H,23,24). The number of hydrogen-bond acceptors (Lipinski definition) is 2. The monoisotopic (exact) mass is 344 g/mol. The molecule has 0 saturated carbocycles. The normalized spacial score (nSPS) is 20.8. The van der Waals surface area contributed by atoms with Crippen LogP contribution in [0, 0.1) is 0 Å². The van der Waals surface area contributed by atoms with Crippen LogP contribution in [0.2, 0.25) is 0 Å². The zero-order chi connectivity index (χ0) is 18.2. The molecule has 3 heteroatoms. The molecule has 2 unspecified atom stereocenters. The van der Waals surface area contributed by atoms with Crippen LogP contribution >= 0.6 is 0 Å². The molecule has 1 heterocycles. The molecule has 1 aliphatic heterocycles. The van der Waals surface area contributed by atoms with Crippen molar-refractivity contribution in [2.24, 2.45) is 0 Å². The highest BCUT2D eigenvalue weighted by Gasteiger charge is 2.35. The molecule has 1 N–H and O–H groups in total. The van der Waals surface area contributed by atoms with Crippen molar-refractivity contribution in [1.82, 2.24) is 0 Å². The third-order valence-corrected chi connectivity index (χ3v) is 3.83. The van der Waals surface area contributed by atoms with Crippen LogP contribution in [0.25, 0.3) is 0 Å². The average Bonchev–Trinajstić information content (AvgIpc) is 3.33. The number of rotatable bonds is 14. The minimum atomic E-state index is -0.743. The first kappa shape index (κ1) is 21.2. The van der Waals surface area contributed by atoms with E-state index in [1.54, 1.807) is 0 Å². The van der Waals surface area contributed by atoms with Gasteiger partial charge in [0.15, 0.2) is 0 Å². The maximum absolute atomic E-state index is 10.3. The summed E-state index contributed by atoms with van der Waals surface area (Å²) in [5.41, 5.74) is 0. The van der Waals surface area contributed by atoms with Gasteiger partial charge in [0, 0.05) is 6.42 Å². The molecule has 138 valence electrons. The number of epoxide rings is 1. The van der Waals surface area contributed by atoms with Crippen molar-refractivity contribution in [2.45, 2.75) is 70.5 Å². The van der Waals surface area contributed by atoms with E-state index >= 15 is 0 Å². The second-order valence-electron chi connectivity index (χ2n) is 6.09. The largest absolute Gasteiger partial charge is 0.481 e. The van der Waals surface area contributed by atoms with Crippen LogP contribution in [0.4, 0.5) is 0 Å². The summed E-state index contributed by atoms with van der Waals surface area (Å²) in [7, 11) is 0. The fraction of sp³-hybridized carbons (Fsp3) is 0.500. The SMILES string of the molecule is CCC=CCC1OC1CC=CCC=CCC=CCC=CCCC(=O)O. The fourth-order valence-corrected chi connectivity index (χ4v) is 2.36. The van der Waals surface area contributed by atoms with E-state index in [0.717, 1.165) is 38.5 Å². The minimum absolute atomic E-state index is 0.208. The van der Waals surface area contributed by atoms with Crippen LogP contribution in [0.5, 0.6) is 0 Å². The first-order valence-electron chi connectivity index (χ1n) is 9.36. The highest BCUT2D eigenvalue weighted by atomic mass is 16.6. The highest BCUT2D eigenvalue weighted by Crippen LogP contribution is 2.28. The molecule has 0 aromatic heterocycles. The van der Waals surface area contributed by atoms with Gasteiger partial charge in [-0.1, -0.05) is 67.7 Å². The van der Waals surface area contributed by atoms with Crippen LogP contribution in [-0.2, 0) is 9.53 Å². The average molecular weight is 344 g/mol. The van der Waals surface area contributed by atoms with Gasteiger partial charge < -0.3 is 9.84 Å². The lowest BCUT2D eigenvalue weighted by atomic mass is 10.1. The number of hydrogen-bond donors (Lipinski definition) is 1. The molecular weight excluding hydrogens is 312 g/mol. The van der Waals surface area contributed by atoms with Gasteiger partial charge in [-0.15, -0.1) is 0 Å². The van der Waals surface area contributed by atoms with Gasteiger partial charge in [0.25, 0.3) is 0 Å². The highest BCUT2D eigenvalue weighted by molar-refractivity contribution is 5.66. The van der Waals surface area contributed by atoms with E-state index in [0.29, 0.717) is 18.6 Å². The van der Waals surface area contributed by atoms with E-state index in [1.165, 1.54) is 0 Å². The lowest BCUT2D eigenvalue weighted by Crippen LogP contribution is -1.91. The maximum atomic E-state index is 10.3. The van der Waals surface area contributed by atoms with E-state index in [4.69, 9.17) is 9.84 Å². The zero-order valence-electron chi connectivity index (χ0n) is 15.3. The molecule has 1 rings (SSSR count). The lowest BCUT2D eigenvalue weighted by molar-refractivity contribution is -0.136. The molecule has 25 heavy (non-hydrogen) atoms. The molecule has 0 aromatic rings. The van der Waals surface area contributed by atoms with Gasteiger partial charge in [0.05, 0.1) is 12.2 Å². The van der Waals surface area contributed by atoms with Crippen molar-refractivity contribution in [3.63, 3.8) is 0 Å². The topological polar surface area (TPSA) is 49.8 Å². The number of carboxylic acid groups (broad SMARTS) is 1. The van der Waals surface area contributed by atoms with Gasteiger partial charge in [0.2, 0.25) is 0 Å². The smallest absolute Gasteiger partial charge is 0.303 e. The Bertz CT molecular complexity index is 497. The van der Waals surface area contributed by atoms with E-state index in [9.17, 15) is 4.79 Å². The predicted octanol–water partition coefficient (Wildman–Crippen LogP) is 5.76. The van der Waals surface area contributed by atoms with Crippen LogP contribution in [0.1, 0.15) is 58.3 Å². The van der Waals surface area contributed by atoms with Crippen molar-refractivity contribution in [2.75, 3.05) is 0 Å². The molecule has 0 spiro atoms. The Morgan fingerprint density at radius 1 is 0.800 bits per heavy atom. The number of carboxylic acids is 1. The molecule has 1 aliphatic rings. The van der Waals surface area contributed by atoms with Crippen LogP contribution in [0.3, 0.4) is 0 Å². The summed E-state index contributed by atoms with van der Waals surface area (Å²) in [6.45, 7) is 2.15. The first-order valence-corrected chi connectivity index (χ1v) is 9.36. The van der Waals surface area contributed by atoms with Gasteiger partial charge in [0.1, 0.15) is 0 Å². The fourth-order valence-electron chi connectivity index (χ4n) is 2.36. The quantitative estimate of drug-likeness (QED) is 0.322. The lowest BCUT2D eigenvalue weighted by Gasteiger charge is -1.88. The molecule has 0 aromatic carbocycles. The number of allylic oxidation sites excluding steroid dienone is 8. The maximum Gasteiger partial charge on any atom is 0.303 e. The summed E-state index contributed by atoms with van der Waals surface area (Å²) in [4.78, 5) is 10.3. The van der Waals surface area contributed by atoms with Crippen molar-refractivity contribution >= 4 is 5.97 Å². The van der Waals surface area contributed by atoms with Crippen LogP contribution in [-0.4, -0.2) is 23.3 Å². The van der Waals surface area contributed by atoms with E-state index < -0.39 is 5.97 Å².